The molecule has 0 radical (unpaired) electrons. The Morgan fingerprint density at radius 3 is 1.13 bits per heavy atom. The third kappa shape index (κ3) is 10.3. The summed E-state index contributed by atoms with van der Waals surface area (Å²) >= 11 is 0. The Kier molecular flexibility index (Phi) is 13.7. The Morgan fingerprint density at radius 2 is 0.870 bits per heavy atom. The molecule has 0 heterocycles. The van der Waals surface area contributed by atoms with Crippen molar-refractivity contribution in [3.63, 3.8) is 0 Å². The van der Waals surface area contributed by atoms with Crippen molar-refractivity contribution < 1.29 is 34.1 Å². The summed E-state index contributed by atoms with van der Waals surface area (Å²) in [4.78, 5) is 0. The van der Waals surface area contributed by atoms with E-state index in [1.165, 1.54) is 10.6 Å². The molecule has 0 nitrogen and oxygen atoms in total. The van der Waals surface area contributed by atoms with Gasteiger partial charge in [-0.2, -0.15) is 51.0 Å². The fourth-order valence-electron chi connectivity index (χ4n) is 1.72. The van der Waals surface area contributed by atoms with E-state index in [1.807, 2.05) is 60.7 Å². The summed E-state index contributed by atoms with van der Waals surface area (Å²) in [6.45, 7) is 0. The van der Waals surface area contributed by atoms with Crippen LogP contribution in [0.3, 0.4) is 0 Å². The molecule has 0 saturated heterocycles. The average Bonchev–Trinajstić information content (AvgIpc) is 3.30. The van der Waals surface area contributed by atoms with Crippen LogP contribution in [0.5, 0.6) is 0 Å². The molecule has 0 aliphatic heterocycles. The minimum atomic E-state index is 0. The van der Waals surface area contributed by atoms with Gasteiger partial charge in [-0.3, -0.25) is 0 Å². The molecule has 0 fully saturated rings. The van der Waals surface area contributed by atoms with Crippen LogP contribution in [0.25, 0.3) is 0 Å². The van der Waals surface area contributed by atoms with Crippen LogP contribution in [0.1, 0.15) is 0 Å². The fraction of sp³-hybridized carbons (Fsp3) is 0. The molecule has 0 aliphatic rings. The van der Waals surface area contributed by atoms with Gasteiger partial charge in [0, 0.05) is 34.1 Å². The monoisotopic (exact) mass is 402 g/mol. The van der Waals surface area contributed by atoms with E-state index in [4.69, 9.17) is 0 Å². The van der Waals surface area contributed by atoms with Gasteiger partial charge >= 0.3 is 0 Å². The van der Waals surface area contributed by atoms with E-state index in [9.17, 15) is 0 Å². The first-order chi connectivity index (χ1) is 10.4. The molecular weight excluding hydrogens is 383 g/mol. The van der Waals surface area contributed by atoms with Crippen molar-refractivity contribution in [1.82, 2.24) is 0 Å². The van der Waals surface area contributed by atoms with Crippen LogP contribution >= 0.6 is 8.58 Å². The molecule has 23 heavy (non-hydrogen) atoms. The largest absolute Gasteiger partial charge is 0.748 e. The fourth-order valence-corrected chi connectivity index (χ4v) is 2.77. The first-order valence-electron chi connectivity index (χ1n) is 6.99. The molecule has 0 spiro atoms. The van der Waals surface area contributed by atoms with Crippen LogP contribution < -0.4 is 10.6 Å². The van der Waals surface area contributed by atoms with Gasteiger partial charge < -0.3 is 30.3 Å². The second kappa shape index (κ2) is 14.5. The molecule has 0 aromatic heterocycles. The second-order valence-electron chi connectivity index (χ2n) is 4.40. The smallest absolute Gasteiger partial charge is 0 e. The van der Waals surface area contributed by atoms with Crippen LogP contribution in [0, 0.1) is 0 Å². The molecule has 4 aromatic carbocycles. The molecular formula is C20H19Fe2P-8. The van der Waals surface area contributed by atoms with Crippen LogP contribution in [-0.2, 0) is 34.1 Å². The van der Waals surface area contributed by atoms with Gasteiger partial charge in [-0.05, 0) is 0 Å². The summed E-state index contributed by atoms with van der Waals surface area (Å²) in [5, 5.41) is 2.85. The Labute approximate surface area is 162 Å². The third-order valence-electron chi connectivity index (χ3n) is 2.73. The summed E-state index contributed by atoms with van der Waals surface area (Å²) < 4.78 is 0. The van der Waals surface area contributed by atoms with E-state index in [1.54, 1.807) is 0 Å². The standard InChI is InChI=1S/C10H9P.2C5H5.2Fe/c1-2-6-9(5-1)11-10-7-3-4-8-10;2*1-2-4-5-3-1;;/h1-8,11H;2*1-5H;;/q-2;-5;-1;;. The zero-order valence-electron chi connectivity index (χ0n) is 12.6. The maximum absolute atomic E-state index is 2.17. The van der Waals surface area contributed by atoms with E-state index >= 15 is 0 Å². The SMILES string of the molecule is [Fe].[Fe].[cH-]1[cH-][cH-][cH-][cH-]1.c1cc[c-](P[c-]2cccc2)c1.c1cc[cH-]c1. The Balaban J connectivity index is 0.000000342. The molecule has 0 aliphatic carbocycles. The quantitative estimate of drug-likeness (QED) is 0.262. The van der Waals surface area contributed by atoms with Gasteiger partial charge in [-0.1, -0.05) is 0 Å². The molecule has 0 amide bonds. The van der Waals surface area contributed by atoms with Gasteiger partial charge in [0.2, 0.25) is 0 Å². The maximum Gasteiger partial charge on any atom is 0 e. The molecule has 0 N–H and O–H groups in total. The van der Waals surface area contributed by atoms with Gasteiger partial charge in [0.25, 0.3) is 0 Å². The van der Waals surface area contributed by atoms with Gasteiger partial charge in [-0.25, -0.2) is 36.4 Å². The summed E-state index contributed by atoms with van der Waals surface area (Å²) in [6.07, 6.45) is 0. The van der Waals surface area contributed by atoms with Gasteiger partial charge in [-0.15, -0.1) is 10.6 Å². The van der Waals surface area contributed by atoms with Crippen molar-refractivity contribution >= 4 is 19.2 Å². The van der Waals surface area contributed by atoms with Crippen molar-refractivity contribution in [2.45, 2.75) is 0 Å². The predicted octanol–water partition coefficient (Wildman–Crippen LogP) is 4.56. The normalized spacial score (nSPS) is 8.35. The zero-order chi connectivity index (χ0) is 14.6. The van der Waals surface area contributed by atoms with Crippen molar-refractivity contribution in [1.29, 1.82) is 0 Å². The van der Waals surface area contributed by atoms with Crippen LogP contribution in [0.15, 0.2) is 109 Å². The van der Waals surface area contributed by atoms with E-state index in [2.05, 4.69) is 48.5 Å². The van der Waals surface area contributed by atoms with Crippen molar-refractivity contribution in [3.05, 3.63) is 109 Å². The Bertz CT molecular complexity index is 525. The summed E-state index contributed by atoms with van der Waals surface area (Å²) in [5.74, 6) is 0. The van der Waals surface area contributed by atoms with Crippen molar-refractivity contribution in [2.75, 3.05) is 0 Å². The number of rotatable bonds is 2. The van der Waals surface area contributed by atoms with Gasteiger partial charge in [0.05, 0.1) is 0 Å². The summed E-state index contributed by atoms with van der Waals surface area (Å²) in [7, 11) is 0.826. The minimum absolute atomic E-state index is 0. The molecule has 0 atom stereocenters. The Hall–Kier alpha value is -1.13. The molecule has 0 saturated carbocycles. The molecule has 0 unspecified atom stereocenters. The molecule has 3 heteroatoms. The first kappa shape index (κ1) is 21.9. The maximum atomic E-state index is 2.17. The summed E-state index contributed by atoms with van der Waals surface area (Å²) in [6, 6.07) is 37.0. The van der Waals surface area contributed by atoms with E-state index in [-0.39, 0.29) is 34.1 Å². The number of hydrogen-bond donors (Lipinski definition) is 0. The van der Waals surface area contributed by atoms with Gasteiger partial charge in [0.15, 0.2) is 0 Å². The third-order valence-corrected chi connectivity index (χ3v) is 3.97. The summed E-state index contributed by atoms with van der Waals surface area (Å²) in [5.41, 5.74) is 0. The topological polar surface area (TPSA) is 0 Å². The second-order valence-corrected chi connectivity index (χ2v) is 5.80. The van der Waals surface area contributed by atoms with E-state index in [0.717, 1.165) is 8.58 Å². The van der Waals surface area contributed by atoms with Crippen LogP contribution in [0.2, 0.25) is 0 Å². The van der Waals surface area contributed by atoms with E-state index in [0.29, 0.717) is 0 Å². The van der Waals surface area contributed by atoms with Gasteiger partial charge in [0.1, 0.15) is 0 Å². The zero-order valence-corrected chi connectivity index (χ0v) is 15.8. The van der Waals surface area contributed by atoms with Crippen LogP contribution in [0.4, 0.5) is 0 Å². The molecule has 4 rings (SSSR count). The molecule has 0 bridgehead atoms. The predicted molar refractivity (Wildman–Crippen MR) is 95.7 cm³/mol. The minimum Gasteiger partial charge on any atom is -0.748 e. The molecule has 128 valence electrons. The van der Waals surface area contributed by atoms with E-state index < -0.39 is 0 Å². The molecule has 4 aromatic rings. The number of hydrogen-bond acceptors (Lipinski definition) is 0. The van der Waals surface area contributed by atoms with Crippen LogP contribution in [-0.4, -0.2) is 0 Å². The first-order valence-corrected chi connectivity index (χ1v) is 7.99. The van der Waals surface area contributed by atoms with Crippen molar-refractivity contribution in [3.8, 4) is 0 Å². The van der Waals surface area contributed by atoms with Crippen molar-refractivity contribution in [2.24, 2.45) is 0 Å². The average molecular weight is 402 g/mol. The Morgan fingerprint density at radius 1 is 0.522 bits per heavy atom.